The zero-order valence-corrected chi connectivity index (χ0v) is 16.1. The van der Waals surface area contributed by atoms with Crippen LogP contribution in [0.3, 0.4) is 0 Å². The number of aromatic nitrogens is 2. The highest BCUT2D eigenvalue weighted by Crippen LogP contribution is 2.22. The second-order valence-corrected chi connectivity index (χ2v) is 6.25. The predicted octanol–water partition coefficient (Wildman–Crippen LogP) is 4.95. The largest absolute Gasteiger partial charge is 0.489 e. The number of benzene rings is 2. The van der Waals surface area contributed by atoms with Crippen LogP contribution in [0.5, 0.6) is 5.75 Å². The Balaban J connectivity index is 1.66. The van der Waals surface area contributed by atoms with E-state index in [4.69, 9.17) is 4.74 Å². The minimum Gasteiger partial charge on any atom is -0.489 e. The van der Waals surface area contributed by atoms with Gasteiger partial charge in [-0.3, -0.25) is 0 Å². The number of hydrogen-bond acceptors (Lipinski definition) is 5. The second-order valence-electron chi connectivity index (χ2n) is 6.25. The molecule has 0 fully saturated rings. The fourth-order valence-electron chi connectivity index (χ4n) is 2.85. The molecular formula is C22H26N4O. The van der Waals surface area contributed by atoms with E-state index in [2.05, 4.69) is 46.2 Å². The molecule has 1 heterocycles. The number of nitrogens with one attached hydrogen (secondary N) is 1. The highest BCUT2D eigenvalue weighted by atomic mass is 16.5. The number of hydrogen-bond donors (Lipinski definition) is 1. The molecule has 0 saturated heterocycles. The Labute approximate surface area is 161 Å². The van der Waals surface area contributed by atoms with E-state index >= 15 is 0 Å². The van der Waals surface area contributed by atoms with Gasteiger partial charge in [-0.25, -0.2) is 9.97 Å². The molecule has 0 atom stereocenters. The third-order valence-corrected chi connectivity index (χ3v) is 4.29. The van der Waals surface area contributed by atoms with Crippen LogP contribution in [0.25, 0.3) is 0 Å². The summed E-state index contributed by atoms with van der Waals surface area (Å²) in [5, 5.41) is 3.36. The molecule has 0 radical (unpaired) electrons. The van der Waals surface area contributed by atoms with Crippen molar-refractivity contribution in [2.75, 3.05) is 23.3 Å². The van der Waals surface area contributed by atoms with Gasteiger partial charge in [0.2, 0.25) is 0 Å². The molecule has 0 bridgehead atoms. The summed E-state index contributed by atoms with van der Waals surface area (Å²) >= 11 is 0. The van der Waals surface area contributed by atoms with Crippen molar-refractivity contribution in [1.29, 1.82) is 0 Å². The van der Waals surface area contributed by atoms with E-state index in [-0.39, 0.29) is 0 Å². The number of aryl methyl sites for hydroxylation is 1. The molecule has 5 nitrogen and oxygen atoms in total. The van der Waals surface area contributed by atoms with Crippen molar-refractivity contribution in [1.82, 2.24) is 9.97 Å². The van der Waals surface area contributed by atoms with Gasteiger partial charge in [0.05, 0.1) is 0 Å². The normalized spacial score (nSPS) is 10.5. The summed E-state index contributed by atoms with van der Waals surface area (Å²) in [6.07, 6.45) is 0. The number of ether oxygens (including phenoxy) is 1. The molecule has 3 aromatic rings. The first kappa shape index (κ1) is 18.7. The van der Waals surface area contributed by atoms with Gasteiger partial charge < -0.3 is 15.0 Å². The average molecular weight is 362 g/mol. The molecule has 0 unspecified atom stereocenters. The molecule has 1 aromatic heterocycles. The van der Waals surface area contributed by atoms with Gasteiger partial charge in [-0.1, -0.05) is 30.3 Å². The van der Waals surface area contributed by atoms with Crippen LogP contribution in [0.1, 0.15) is 25.2 Å². The van der Waals surface area contributed by atoms with E-state index in [9.17, 15) is 0 Å². The second kappa shape index (κ2) is 9.03. The SMILES string of the molecule is CCN(CC)c1cc(Nc2ccc(OCc3ccccc3)cc2)nc(C)n1. The van der Waals surface area contributed by atoms with E-state index in [1.165, 1.54) is 0 Å². The summed E-state index contributed by atoms with van der Waals surface area (Å²) < 4.78 is 5.84. The maximum absolute atomic E-state index is 5.84. The van der Waals surface area contributed by atoms with Crippen molar-refractivity contribution in [3.05, 3.63) is 72.1 Å². The van der Waals surface area contributed by atoms with E-state index in [1.54, 1.807) is 0 Å². The van der Waals surface area contributed by atoms with Crippen LogP contribution < -0.4 is 15.0 Å². The number of anilines is 3. The lowest BCUT2D eigenvalue weighted by atomic mass is 10.2. The van der Waals surface area contributed by atoms with E-state index in [0.29, 0.717) is 6.61 Å². The third kappa shape index (κ3) is 5.20. The maximum atomic E-state index is 5.84. The highest BCUT2D eigenvalue weighted by molar-refractivity contribution is 5.60. The van der Waals surface area contributed by atoms with Crippen LogP contribution in [-0.2, 0) is 6.61 Å². The fraction of sp³-hybridized carbons (Fsp3) is 0.273. The lowest BCUT2D eigenvalue weighted by Gasteiger charge is -2.20. The van der Waals surface area contributed by atoms with Crippen molar-refractivity contribution < 1.29 is 4.74 Å². The van der Waals surface area contributed by atoms with Gasteiger partial charge >= 0.3 is 0 Å². The molecule has 1 N–H and O–H groups in total. The molecular weight excluding hydrogens is 336 g/mol. The molecule has 140 valence electrons. The molecule has 0 amide bonds. The molecule has 3 rings (SSSR count). The lowest BCUT2D eigenvalue weighted by molar-refractivity contribution is 0.306. The van der Waals surface area contributed by atoms with Crippen molar-refractivity contribution in [3.8, 4) is 5.75 Å². The third-order valence-electron chi connectivity index (χ3n) is 4.29. The summed E-state index contributed by atoms with van der Waals surface area (Å²) in [6.45, 7) is 8.56. The van der Waals surface area contributed by atoms with E-state index in [1.807, 2.05) is 55.5 Å². The molecule has 5 heteroatoms. The van der Waals surface area contributed by atoms with Crippen LogP contribution in [0.15, 0.2) is 60.7 Å². The highest BCUT2D eigenvalue weighted by Gasteiger charge is 2.08. The molecule has 0 spiro atoms. The molecule has 0 aliphatic carbocycles. The lowest BCUT2D eigenvalue weighted by Crippen LogP contribution is -2.23. The Morgan fingerprint density at radius 3 is 2.30 bits per heavy atom. The first-order chi connectivity index (χ1) is 13.2. The Bertz CT molecular complexity index is 846. The Morgan fingerprint density at radius 2 is 1.63 bits per heavy atom. The monoisotopic (exact) mass is 362 g/mol. The van der Waals surface area contributed by atoms with Gasteiger partial charge in [-0.05, 0) is 50.6 Å². The zero-order valence-electron chi connectivity index (χ0n) is 16.1. The summed E-state index contributed by atoms with van der Waals surface area (Å²) in [6, 6.07) is 20.1. The summed E-state index contributed by atoms with van der Waals surface area (Å²) in [4.78, 5) is 11.2. The Kier molecular flexibility index (Phi) is 6.26. The van der Waals surface area contributed by atoms with Crippen LogP contribution in [-0.4, -0.2) is 23.1 Å². The first-order valence-corrected chi connectivity index (χ1v) is 9.32. The van der Waals surface area contributed by atoms with Crippen molar-refractivity contribution in [2.24, 2.45) is 0 Å². The van der Waals surface area contributed by atoms with E-state index < -0.39 is 0 Å². The molecule has 0 saturated carbocycles. The van der Waals surface area contributed by atoms with Gasteiger partial charge in [-0.15, -0.1) is 0 Å². The number of rotatable bonds is 8. The zero-order chi connectivity index (χ0) is 19.1. The van der Waals surface area contributed by atoms with Gasteiger partial charge in [0, 0.05) is 24.8 Å². The average Bonchev–Trinajstić information content (AvgIpc) is 2.69. The summed E-state index contributed by atoms with van der Waals surface area (Å²) in [7, 11) is 0. The molecule has 0 aliphatic rings. The van der Waals surface area contributed by atoms with Crippen molar-refractivity contribution in [2.45, 2.75) is 27.4 Å². The first-order valence-electron chi connectivity index (χ1n) is 9.32. The molecule has 2 aromatic carbocycles. The van der Waals surface area contributed by atoms with Crippen molar-refractivity contribution >= 4 is 17.3 Å². The Morgan fingerprint density at radius 1 is 0.926 bits per heavy atom. The minimum absolute atomic E-state index is 0.561. The molecule has 0 aliphatic heterocycles. The van der Waals surface area contributed by atoms with Crippen LogP contribution in [0.2, 0.25) is 0 Å². The van der Waals surface area contributed by atoms with Gasteiger partial charge in [-0.2, -0.15) is 0 Å². The summed E-state index contributed by atoms with van der Waals surface area (Å²) in [5.41, 5.74) is 2.12. The van der Waals surface area contributed by atoms with E-state index in [0.717, 1.165) is 47.5 Å². The van der Waals surface area contributed by atoms with Gasteiger partial charge in [0.25, 0.3) is 0 Å². The van der Waals surface area contributed by atoms with Crippen LogP contribution in [0, 0.1) is 6.92 Å². The maximum Gasteiger partial charge on any atom is 0.136 e. The molecule has 27 heavy (non-hydrogen) atoms. The smallest absolute Gasteiger partial charge is 0.136 e. The van der Waals surface area contributed by atoms with Crippen LogP contribution in [0.4, 0.5) is 17.3 Å². The topological polar surface area (TPSA) is 50.3 Å². The Hall–Kier alpha value is -3.08. The van der Waals surface area contributed by atoms with Gasteiger partial charge in [0.1, 0.15) is 29.8 Å². The van der Waals surface area contributed by atoms with Crippen LogP contribution >= 0.6 is 0 Å². The number of nitrogens with zero attached hydrogens (tertiary/aromatic N) is 3. The van der Waals surface area contributed by atoms with Gasteiger partial charge in [0.15, 0.2) is 0 Å². The predicted molar refractivity (Wildman–Crippen MR) is 111 cm³/mol. The fourth-order valence-corrected chi connectivity index (χ4v) is 2.85. The summed E-state index contributed by atoms with van der Waals surface area (Å²) in [5.74, 6) is 3.33. The standard InChI is InChI=1S/C22H26N4O/c1-4-26(5-2)22-15-21(23-17(3)24-22)25-19-11-13-20(14-12-19)27-16-18-9-7-6-8-10-18/h6-15H,4-5,16H2,1-3H3,(H,23,24,25). The van der Waals surface area contributed by atoms with Crippen molar-refractivity contribution in [3.63, 3.8) is 0 Å². The minimum atomic E-state index is 0.561. The quantitative estimate of drug-likeness (QED) is 0.614.